The summed E-state index contributed by atoms with van der Waals surface area (Å²) >= 11 is 0. The van der Waals surface area contributed by atoms with Crippen molar-refractivity contribution in [3.63, 3.8) is 0 Å². The van der Waals surface area contributed by atoms with Gasteiger partial charge in [-0.2, -0.15) is 0 Å². The molecule has 0 radical (unpaired) electrons. The number of aliphatic hydroxyl groups is 4. The number of nitrogens with zero attached hydrogens (tertiary/aromatic N) is 2. The van der Waals surface area contributed by atoms with Crippen LogP contribution in [-0.4, -0.2) is 73.3 Å². The standard InChI is InChI=1S/C47H48N2O8/c1-47(2)45-31-37(48(33-7-3-11-39(27-33)54-23-19-50)34-8-4-12-40(28-34)55-24-20-51)15-17-43(45)44-18-16-38(32-46(44)47)49(35-9-5-13-41(29-35)56-25-21-52)36-10-6-14-42(30-36)57-26-22-53/h3-18,27-32,50-53H,19-26H2,1-2H3. The molecule has 0 fully saturated rings. The second-order valence-corrected chi connectivity index (χ2v) is 14.0. The molecule has 294 valence electrons. The Kier molecular flexibility index (Phi) is 12.3. The van der Waals surface area contributed by atoms with Crippen LogP contribution in [0.5, 0.6) is 23.0 Å². The van der Waals surface area contributed by atoms with Crippen molar-refractivity contribution < 1.29 is 39.4 Å². The Morgan fingerprint density at radius 2 is 0.667 bits per heavy atom. The van der Waals surface area contributed by atoms with Crippen LogP contribution in [0.3, 0.4) is 0 Å². The minimum atomic E-state index is -0.398. The topological polar surface area (TPSA) is 124 Å². The van der Waals surface area contributed by atoms with E-state index < -0.39 is 5.41 Å². The van der Waals surface area contributed by atoms with E-state index in [9.17, 15) is 20.4 Å². The van der Waals surface area contributed by atoms with Crippen LogP contribution in [0.2, 0.25) is 0 Å². The molecule has 0 saturated carbocycles. The van der Waals surface area contributed by atoms with Crippen LogP contribution in [0.25, 0.3) is 11.1 Å². The Morgan fingerprint density at radius 3 is 0.947 bits per heavy atom. The van der Waals surface area contributed by atoms with Crippen LogP contribution in [0.4, 0.5) is 34.1 Å². The summed E-state index contributed by atoms with van der Waals surface area (Å²) in [5, 5.41) is 37.7. The summed E-state index contributed by atoms with van der Waals surface area (Å²) in [6, 6.07) is 44.3. The van der Waals surface area contributed by atoms with Gasteiger partial charge in [-0.3, -0.25) is 0 Å². The minimum absolute atomic E-state index is 0.0883. The molecule has 1 aliphatic rings. The highest BCUT2D eigenvalue weighted by Crippen LogP contribution is 2.53. The molecule has 10 nitrogen and oxygen atoms in total. The van der Waals surface area contributed by atoms with Gasteiger partial charge in [-0.1, -0.05) is 50.2 Å². The maximum atomic E-state index is 9.42. The smallest absolute Gasteiger partial charge is 0.121 e. The zero-order chi connectivity index (χ0) is 39.8. The summed E-state index contributed by atoms with van der Waals surface area (Å²) < 4.78 is 23.3. The lowest BCUT2D eigenvalue weighted by atomic mass is 9.82. The molecule has 4 N–H and O–H groups in total. The van der Waals surface area contributed by atoms with Gasteiger partial charge >= 0.3 is 0 Å². The molecule has 0 aliphatic heterocycles. The normalized spacial score (nSPS) is 12.4. The number of fused-ring (bicyclic) bond motifs is 3. The predicted molar refractivity (Wildman–Crippen MR) is 224 cm³/mol. The van der Waals surface area contributed by atoms with Crippen molar-refractivity contribution in [3.8, 4) is 34.1 Å². The first-order valence-corrected chi connectivity index (χ1v) is 19.1. The second kappa shape index (κ2) is 17.8. The largest absolute Gasteiger partial charge is 0.491 e. The zero-order valence-corrected chi connectivity index (χ0v) is 32.2. The Labute approximate surface area is 333 Å². The molecule has 0 saturated heterocycles. The molecule has 0 spiro atoms. The molecule has 6 aromatic carbocycles. The number of aliphatic hydroxyl groups excluding tert-OH is 4. The van der Waals surface area contributed by atoms with E-state index in [0.717, 1.165) is 45.3 Å². The third-order valence-corrected chi connectivity index (χ3v) is 9.90. The van der Waals surface area contributed by atoms with Crippen LogP contribution >= 0.6 is 0 Å². The molecule has 6 aromatic rings. The Morgan fingerprint density at radius 1 is 0.386 bits per heavy atom. The average molecular weight is 769 g/mol. The molecule has 0 heterocycles. The summed E-state index contributed by atoms with van der Waals surface area (Å²) in [7, 11) is 0. The van der Waals surface area contributed by atoms with E-state index in [2.05, 4.69) is 60.0 Å². The minimum Gasteiger partial charge on any atom is -0.491 e. The quantitative estimate of drug-likeness (QED) is 0.0678. The number of ether oxygens (including phenoxy) is 4. The third-order valence-electron chi connectivity index (χ3n) is 9.90. The van der Waals surface area contributed by atoms with Crippen molar-refractivity contribution in [2.45, 2.75) is 19.3 Å². The van der Waals surface area contributed by atoms with Gasteiger partial charge in [-0.25, -0.2) is 0 Å². The molecule has 0 aromatic heterocycles. The van der Waals surface area contributed by atoms with Gasteiger partial charge in [0.15, 0.2) is 0 Å². The van der Waals surface area contributed by atoms with Gasteiger partial charge < -0.3 is 49.2 Å². The summed E-state index contributed by atoms with van der Waals surface area (Å²) in [6.07, 6.45) is 0. The van der Waals surface area contributed by atoms with Gasteiger partial charge in [0.2, 0.25) is 0 Å². The summed E-state index contributed by atoms with van der Waals surface area (Å²) in [5.74, 6) is 2.56. The lowest BCUT2D eigenvalue weighted by Gasteiger charge is -2.29. The highest BCUT2D eigenvalue weighted by molar-refractivity contribution is 5.88. The molecular formula is C47H48N2O8. The van der Waals surface area contributed by atoms with Gasteiger partial charge in [0.05, 0.1) is 26.4 Å². The molecule has 10 heteroatoms. The van der Waals surface area contributed by atoms with E-state index in [4.69, 9.17) is 18.9 Å². The van der Waals surface area contributed by atoms with Crippen LogP contribution in [0.1, 0.15) is 25.0 Å². The van der Waals surface area contributed by atoms with Gasteiger partial charge in [0.25, 0.3) is 0 Å². The average Bonchev–Trinajstić information content (AvgIpc) is 3.46. The van der Waals surface area contributed by atoms with E-state index in [0.29, 0.717) is 23.0 Å². The molecule has 1 aliphatic carbocycles. The summed E-state index contributed by atoms with van der Waals surface area (Å²) in [5.41, 5.74) is 9.58. The fourth-order valence-electron chi connectivity index (χ4n) is 7.39. The number of rotatable bonds is 18. The zero-order valence-electron chi connectivity index (χ0n) is 32.2. The van der Waals surface area contributed by atoms with Crippen molar-refractivity contribution in [2.75, 3.05) is 62.7 Å². The van der Waals surface area contributed by atoms with Gasteiger partial charge in [0.1, 0.15) is 49.4 Å². The lowest BCUT2D eigenvalue weighted by molar-refractivity contribution is 0.201. The molecule has 0 unspecified atom stereocenters. The first-order valence-electron chi connectivity index (χ1n) is 19.1. The fourth-order valence-corrected chi connectivity index (χ4v) is 7.39. The molecule has 7 rings (SSSR count). The third kappa shape index (κ3) is 8.55. The van der Waals surface area contributed by atoms with Gasteiger partial charge in [-0.15, -0.1) is 0 Å². The monoisotopic (exact) mass is 768 g/mol. The van der Waals surface area contributed by atoms with E-state index >= 15 is 0 Å². The van der Waals surface area contributed by atoms with Crippen molar-refractivity contribution in [2.24, 2.45) is 0 Å². The van der Waals surface area contributed by atoms with Crippen LogP contribution in [0, 0.1) is 0 Å². The van der Waals surface area contributed by atoms with Gasteiger partial charge in [0, 0.05) is 63.8 Å². The van der Waals surface area contributed by atoms with Crippen molar-refractivity contribution in [3.05, 3.63) is 145 Å². The van der Waals surface area contributed by atoms with Gasteiger partial charge in [-0.05, 0) is 95.1 Å². The van der Waals surface area contributed by atoms with Crippen molar-refractivity contribution in [1.29, 1.82) is 0 Å². The summed E-state index contributed by atoms with van der Waals surface area (Å²) in [6.45, 7) is 4.89. The summed E-state index contributed by atoms with van der Waals surface area (Å²) in [4.78, 5) is 4.31. The highest BCUT2D eigenvalue weighted by Gasteiger charge is 2.37. The SMILES string of the molecule is CC1(C)c2cc(N(c3cccc(OCCO)c3)c3cccc(OCCO)c3)ccc2-c2ccc(N(c3cccc(OCCO)c3)c3cccc(OCCO)c3)cc21. The maximum Gasteiger partial charge on any atom is 0.121 e. The molecular weight excluding hydrogens is 721 g/mol. The molecule has 57 heavy (non-hydrogen) atoms. The highest BCUT2D eigenvalue weighted by atomic mass is 16.5. The lowest BCUT2D eigenvalue weighted by Crippen LogP contribution is -2.18. The van der Waals surface area contributed by atoms with E-state index in [-0.39, 0.29) is 52.9 Å². The number of benzene rings is 6. The molecule has 0 amide bonds. The Balaban J connectivity index is 1.31. The Bertz CT molecular complexity index is 2030. The number of hydrogen-bond donors (Lipinski definition) is 4. The van der Waals surface area contributed by atoms with Crippen LogP contribution < -0.4 is 28.7 Å². The predicted octanol–water partition coefficient (Wildman–Crippen LogP) is 8.42. The van der Waals surface area contributed by atoms with Crippen molar-refractivity contribution in [1.82, 2.24) is 0 Å². The maximum absolute atomic E-state index is 9.42. The first kappa shape index (κ1) is 39.2. The number of hydrogen-bond acceptors (Lipinski definition) is 10. The number of anilines is 6. The molecule has 0 atom stereocenters. The van der Waals surface area contributed by atoms with Crippen molar-refractivity contribution >= 4 is 34.1 Å². The second-order valence-electron chi connectivity index (χ2n) is 14.0. The van der Waals surface area contributed by atoms with E-state index in [1.54, 1.807) is 0 Å². The van der Waals surface area contributed by atoms with Crippen LogP contribution in [-0.2, 0) is 5.41 Å². The molecule has 0 bridgehead atoms. The Hall–Kier alpha value is -6.04. The fraction of sp³-hybridized carbons (Fsp3) is 0.234. The van der Waals surface area contributed by atoms with Crippen LogP contribution in [0.15, 0.2) is 133 Å². The first-order chi connectivity index (χ1) is 27.8. The van der Waals surface area contributed by atoms with E-state index in [1.807, 2.05) is 97.1 Å². The van der Waals surface area contributed by atoms with E-state index in [1.165, 1.54) is 11.1 Å².